The Kier molecular flexibility index (Phi) is 3.25. The molecule has 0 fully saturated rings. The zero-order chi connectivity index (χ0) is 11.5. The second-order valence-electron chi connectivity index (χ2n) is 2.91. The molecule has 0 aromatic heterocycles. The Morgan fingerprint density at radius 1 is 1.33 bits per heavy atom. The first-order valence-corrected chi connectivity index (χ1v) is 5.69. The molecule has 0 radical (unpaired) electrons. The molecule has 0 aliphatic heterocycles. The number of hydrogen-bond donors (Lipinski definition) is 0. The van der Waals surface area contributed by atoms with Crippen molar-refractivity contribution in [2.75, 3.05) is 7.05 Å². The van der Waals surface area contributed by atoms with Crippen LogP contribution in [-0.4, -0.2) is 24.9 Å². The molecule has 6 nitrogen and oxygen atoms in total. The van der Waals surface area contributed by atoms with E-state index in [9.17, 15) is 18.5 Å². The van der Waals surface area contributed by atoms with Crippen LogP contribution >= 0.6 is 0 Å². The van der Waals surface area contributed by atoms with Crippen LogP contribution in [0.1, 0.15) is 5.56 Å². The number of hydrogen-bond acceptors (Lipinski definition) is 4. The van der Waals surface area contributed by atoms with Gasteiger partial charge in [0.05, 0.1) is 12.8 Å². The number of benzene rings is 1. The van der Waals surface area contributed by atoms with Gasteiger partial charge in [-0.15, -0.1) is 0 Å². The third-order valence-electron chi connectivity index (χ3n) is 1.82. The Hall–Kier alpha value is -1.63. The van der Waals surface area contributed by atoms with Crippen molar-refractivity contribution >= 4 is 10.0 Å². The molecule has 0 atom stereocenters. The smallest absolute Gasteiger partial charge is 0.234 e. The van der Waals surface area contributed by atoms with Gasteiger partial charge in [0, 0.05) is 0 Å². The Morgan fingerprint density at radius 2 is 1.87 bits per heavy atom. The number of rotatable bonds is 4. The third-order valence-corrected chi connectivity index (χ3v) is 3.46. The van der Waals surface area contributed by atoms with E-state index in [4.69, 9.17) is 0 Å². The molecule has 0 aliphatic rings. The van der Waals surface area contributed by atoms with Crippen molar-refractivity contribution in [1.29, 1.82) is 0 Å². The van der Waals surface area contributed by atoms with Gasteiger partial charge in [0.15, 0.2) is 5.03 Å². The normalized spacial score (nSPS) is 11.0. The van der Waals surface area contributed by atoms with E-state index in [1.54, 1.807) is 30.3 Å². The molecule has 0 saturated carbocycles. The van der Waals surface area contributed by atoms with Crippen molar-refractivity contribution < 1.29 is 13.5 Å². The highest BCUT2D eigenvalue weighted by molar-refractivity contribution is 7.88. The summed E-state index contributed by atoms with van der Waals surface area (Å²) >= 11 is 0. The van der Waals surface area contributed by atoms with Crippen LogP contribution in [0.2, 0.25) is 0 Å². The topological polar surface area (TPSA) is 80.5 Å². The van der Waals surface area contributed by atoms with E-state index >= 15 is 0 Å². The quantitative estimate of drug-likeness (QED) is 0.561. The first-order valence-electron chi connectivity index (χ1n) is 4.08. The van der Waals surface area contributed by atoms with Crippen molar-refractivity contribution in [3.63, 3.8) is 0 Å². The van der Waals surface area contributed by atoms with Crippen molar-refractivity contribution in [2.45, 2.75) is 5.75 Å². The van der Waals surface area contributed by atoms with E-state index in [1.165, 1.54) is 0 Å². The van der Waals surface area contributed by atoms with Gasteiger partial charge in [-0.25, -0.2) is 18.5 Å². The summed E-state index contributed by atoms with van der Waals surface area (Å²) in [5.41, 5.74) is 0.520. The van der Waals surface area contributed by atoms with Gasteiger partial charge in [-0.2, -0.15) is 0 Å². The fourth-order valence-corrected chi connectivity index (χ4v) is 1.98. The highest BCUT2D eigenvalue weighted by Gasteiger charge is 2.25. The van der Waals surface area contributed by atoms with Gasteiger partial charge in [0.25, 0.3) is 10.0 Å². The minimum absolute atomic E-state index is 0.125. The van der Waals surface area contributed by atoms with Gasteiger partial charge in [-0.05, 0) is 9.98 Å². The first-order chi connectivity index (χ1) is 6.93. The minimum atomic E-state index is -3.88. The summed E-state index contributed by atoms with van der Waals surface area (Å²) in [7, 11) is -2.96. The summed E-state index contributed by atoms with van der Waals surface area (Å²) in [5.74, 6) is -0.370. The lowest BCUT2D eigenvalue weighted by atomic mass is 10.2. The maximum atomic E-state index is 11.4. The van der Waals surface area contributed by atoms with Crippen LogP contribution in [0.5, 0.6) is 0 Å². The van der Waals surface area contributed by atoms with E-state index < -0.39 is 15.1 Å². The lowest BCUT2D eigenvalue weighted by Gasteiger charge is -2.08. The van der Waals surface area contributed by atoms with Crippen LogP contribution in [0.15, 0.2) is 30.3 Å². The summed E-state index contributed by atoms with van der Waals surface area (Å²) in [5, 5.41) is 9.33. The van der Waals surface area contributed by atoms with Crippen LogP contribution in [-0.2, 0) is 15.8 Å². The van der Waals surface area contributed by atoms with Crippen LogP contribution in [0.4, 0.5) is 0 Å². The van der Waals surface area contributed by atoms with E-state index in [0.717, 1.165) is 7.05 Å². The maximum absolute atomic E-state index is 11.4. The SMILES string of the molecule is CN([N+](=O)[O-])S(=O)(=O)Cc1ccccc1. The molecule has 7 heteroatoms. The molecule has 0 bridgehead atoms. The highest BCUT2D eigenvalue weighted by atomic mass is 32.2. The van der Waals surface area contributed by atoms with Crippen molar-refractivity contribution in [3.8, 4) is 0 Å². The van der Waals surface area contributed by atoms with Crippen LogP contribution in [0.25, 0.3) is 0 Å². The highest BCUT2D eigenvalue weighted by Crippen LogP contribution is 2.08. The second-order valence-corrected chi connectivity index (χ2v) is 4.89. The van der Waals surface area contributed by atoms with Crippen LogP contribution in [0, 0.1) is 10.1 Å². The standard InChI is InChI=1S/C8H10N2O4S/c1-9(10(11)12)15(13,14)7-8-5-3-2-4-6-8/h2-6H,7H2,1H3. The summed E-state index contributed by atoms with van der Waals surface area (Å²) in [4.78, 5) is 10.3. The fraction of sp³-hybridized carbons (Fsp3) is 0.250. The summed E-state index contributed by atoms with van der Waals surface area (Å²) in [6.07, 6.45) is 0. The van der Waals surface area contributed by atoms with Gasteiger partial charge >= 0.3 is 0 Å². The zero-order valence-electron chi connectivity index (χ0n) is 8.03. The van der Waals surface area contributed by atoms with Gasteiger partial charge < -0.3 is 0 Å². The van der Waals surface area contributed by atoms with Crippen molar-refractivity contribution in [3.05, 3.63) is 46.0 Å². The van der Waals surface area contributed by atoms with Crippen LogP contribution < -0.4 is 0 Å². The molecule has 0 amide bonds. The van der Waals surface area contributed by atoms with E-state index in [2.05, 4.69) is 0 Å². The van der Waals surface area contributed by atoms with Crippen LogP contribution in [0.3, 0.4) is 0 Å². The first kappa shape index (κ1) is 11.4. The number of hydrazine groups is 1. The minimum Gasteiger partial charge on any atom is -0.234 e. The molecule has 0 N–H and O–H groups in total. The van der Waals surface area contributed by atoms with Crippen molar-refractivity contribution in [1.82, 2.24) is 4.41 Å². The maximum Gasteiger partial charge on any atom is 0.288 e. The fourth-order valence-electron chi connectivity index (χ4n) is 0.980. The molecule has 0 unspecified atom stereocenters. The molecule has 1 aromatic carbocycles. The summed E-state index contributed by atoms with van der Waals surface area (Å²) < 4.78 is 23.0. The van der Waals surface area contributed by atoms with E-state index in [0.29, 0.717) is 5.56 Å². The summed E-state index contributed by atoms with van der Waals surface area (Å²) in [6.45, 7) is 0. The van der Waals surface area contributed by atoms with Crippen molar-refractivity contribution in [2.24, 2.45) is 0 Å². The van der Waals surface area contributed by atoms with E-state index in [-0.39, 0.29) is 10.2 Å². The Bertz CT molecular complexity index is 443. The molecule has 1 rings (SSSR count). The molecule has 82 valence electrons. The predicted octanol–water partition coefficient (Wildman–Crippen LogP) is 0.640. The third kappa shape index (κ3) is 2.91. The molecular weight excluding hydrogens is 220 g/mol. The van der Waals surface area contributed by atoms with Gasteiger partial charge in [-0.3, -0.25) is 0 Å². The Morgan fingerprint density at radius 3 is 2.33 bits per heavy atom. The number of nitro groups is 1. The average molecular weight is 230 g/mol. The van der Waals surface area contributed by atoms with Gasteiger partial charge in [0.2, 0.25) is 0 Å². The average Bonchev–Trinajstić information content (AvgIpc) is 2.17. The predicted molar refractivity (Wildman–Crippen MR) is 53.8 cm³/mol. The zero-order valence-corrected chi connectivity index (χ0v) is 8.85. The summed E-state index contributed by atoms with van der Waals surface area (Å²) in [6, 6.07) is 8.30. The molecule has 0 heterocycles. The largest absolute Gasteiger partial charge is 0.288 e. The van der Waals surface area contributed by atoms with Gasteiger partial charge in [-0.1, -0.05) is 30.3 Å². The Balaban J connectivity index is 2.87. The van der Waals surface area contributed by atoms with Gasteiger partial charge in [0.1, 0.15) is 0 Å². The Labute approximate surface area is 87.3 Å². The molecular formula is C8H10N2O4S. The number of sulfonamides is 1. The molecule has 1 aromatic rings. The lowest BCUT2D eigenvalue weighted by molar-refractivity contribution is -0.613. The molecule has 0 aliphatic carbocycles. The molecule has 0 spiro atoms. The molecule has 15 heavy (non-hydrogen) atoms. The second kappa shape index (κ2) is 4.26. The van der Waals surface area contributed by atoms with E-state index in [1.807, 2.05) is 0 Å². The monoisotopic (exact) mass is 230 g/mol. The number of nitrogens with zero attached hydrogens (tertiary/aromatic N) is 2. The lowest BCUT2D eigenvalue weighted by Crippen LogP contribution is -2.33. The molecule has 0 saturated heterocycles.